The van der Waals surface area contributed by atoms with Gasteiger partial charge in [-0.15, -0.1) is 0 Å². The van der Waals surface area contributed by atoms with E-state index in [1.807, 2.05) is 26.4 Å². The number of carbonyl (C=O) groups is 1. The van der Waals surface area contributed by atoms with Gasteiger partial charge in [-0.25, -0.2) is 0 Å². The van der Waals surface area contributed by atoms with E-state index in [0.29, 0.717) is 0 Å². The molecule has 2 aliphatic heterocycles. The van der Waals surface area contributed by atoms with Crippen LogP contribution in [-0.4, -0.2) is 47.5 Å². The van der Waals surface area contributed by atoms with Crippen molar-refractivity contribution >= 4 is 5.91 Å². The maximum atomic E-state index is 12.5. The first-order chi connectivity index (χ1) is 9.65. The molecule has 0 aliphatic carbocycles. The fourth-order valence-electron chi connectivity index (χ4n) is 3.15. The summed E-state index contributed by atoms with van der Waals surface area (Å²) in [4.78, 5) is 12.5. The first-order valence-corrected chi connectivity index (χ1v) is 7.26. The van der Waals surface area contributed by atoms with Crippen LogP contribution in [0.5, 0.6) is 0 Å². The Bertz CT molecular complexity index is 487. The van der Waals surface area contributed by atoms with Crippen molar-refractivity contribution in [3.8, 4) is 0 Å². The van der Waals surface area contributed by atoms with Gasteiger partial charge in [-0.05, 0) is 18.9 Å². The van der Waals surface area contributed by atoms with Crippen LogP contribution < -0.4 is 10.6 Å². The third kappa shape index (κ3) is 2.58. The largest absolute Gasteiger partial charge is 0.376 e. The van der Waals surface area contributed by atoms with Crippen LogP contribution in [0.1, 0.15) is 24.8 Å². The molecular weight excluding hydrogens is 256 g/mol. The predicted molar refractivity (Wildman–Crippen MR) is 74.3 cm³/mol. The maximum absolute atomic E-state index is 12.5. The van der Waals surface area contributed by atoms with Gasteiger partial charge in [0.2, 0.25) is 5.91 Å². The van der Waals surface area contributed by atoms with Gasteiger partial charge in [0.05, 0.1) is 24.3 Å². The van der Waals surface area contributed by atoms with E-state index in [0.717, 1.165) is 31.7 Å². The zero-order valence-electron chi connectivity index (χ0n) is 12.0. The third-order valence-electron chi connectivity index (χ3n) is 4.41. The SMILES string of the molecule is CC1OCCC1NC(=O)[C@H]1CNC[C@@H]1c1cnn(C)c1. The van der Waals surface area contributed by atoms with Crippen molar-refractivity contribution in [3.05, 3.63) is 18.0 Å². The zero-order valence-corrected chi connectivity index (χ0v) is 12.0. The Morgan fingerprint density at radius 1 is 1.55 bits per heavy atom. The highest BCUT2D eigenvalue weighted by atomic mass is 16.5. The van der Waals surface area contributed by atoms with Crippen LogP contribution in [0.4, 0.5) is 0 Å². The highest BCUT2D eigenvalue weighted by Crippen LogP contribution is 2.28. The fraction of sp³-hybridized carbons (Fsp3) is 0.714. The summed E-state index contributed by atoms with van der Waals surface area (Å²) in [5, 5.41) is 10.7. The van der Waals surface area contributed by atoms with Crippen molar-refractivity contribution < 1.29 is 9.53 Å². The number of nitrogens with one attached hydrogen (secondary N) is 2. The van der Waals surface area contributed by atoms with E-state index in [1.165, 1.54) is 0 Å². The van der Waals surface area contributed by atoms with Gasteiger partial charge in [-0.2, -0.15) is 5.10 Å². The molecular formula is C14H22N4O2. The average molecular weight is 278 g/mol. The highest BCUT2D eigenvalue weighted by molar-refractivity contribution is 5.80. The van der Waals surface area contributed by atoms with Gasteiger partial charge in [-0.1, -0.05) is 0 Å². The summed E-state index contributed by atoms with van der Waals surface area (Å²) < 4.78 is 7.29. The monoisotopic (exact) mass is 278 g/mol. The lowest BCUT2D eigenvalue weighted by Crippen LogP contribution is -2.43. The summed E-state index contributed by atoms with van der Waals surface area (Å²) >= 11 is 0. The fourth-order valence-corrected chi connectivity index (χ4v) is 3.15. The third-order valence-corrected chi connectivity index (χ3v) is 4.41. The molecule has 2 saturated heterocycles. The highest BCUT2D eigenvalue weighted by Gasteiger charge is 2.36. The van der Waals surface area contributed by atoms with Gasteiger partial charge >= 0.3 is 0 Å². The summed E-state index contributed by atoms with van der Waals surface area (Å²) in [6.45, 7) is 4.32. The number of rotatable bonds is 3. The van der Waals surface area contributed by atoms with Crippen molar-refractivity contribution in [2.24, 2.45) is 13.0 Å². The van der Waals surface area contributed by atoms with Crippen LogP contribution >= 0.6 is 0 Å². The van der Waals surface area contributed by atoms with E-state index in [2.05, 4.69) is 15.7 Å². The number of hydrogen-bond donors (Lipinski definition) is 2. The number of carbonyl (C=O) groups excluding carboxylic acids is 1. The zero-order chi connectivity index (χ0) is 14.1. The average Bonchev–Trinajstić information content (AvgIpc) is 3.11. The van der Waals surface area contributed by atoms with Crippen LogP contribution in [0.25, 0.3) is 0 Å². The molecule has 1 aromatic rings. The molecule has 0 radical (unpaired) electrons. The Hall–Kier alpha value is -1.40. The van der Waals surface area contributed by atoms with E-state index in [9.17, 15) is 4.79 Å². The molecule has 1 amide bonds. The molecule has 20 heavy (non-hydrogen) atoms. The summed E-state index contributed by atoms with van der Waals surface area (Å²) in [6, 6.07) is 0.151. The van der Waals surface area contributed by atoms with Crippen molar-refractivity contribution in [2.75, 3.05) is 19.7 Å². The molecule has 0 aromatic carbocycles. The quantitative estimate of drug-likeness (QED) is 0.818. The van der Waals surface area contributed by atoms with E-state index in [-0.39, 0.29) is 29.9 Å². The van der Waals surface area contributed by atoms with Gasteiger partial charge in [-0.3, -0.25) is 9.48 Å². The molecule has 4 atom stereocenters. The Balaban J connectivity index is 1.67. The number of hydrogen-bond acceptors (Lipinski definition) is 4. The van der Waals surface area contributed by atoms with Crippen LogP contribution in [0.3, 0.4) is 0 Å². The summed E-state index contributed by atoms with van der Waals surface area (Å²) in [5.74, 6) is 0.319. The Labute approximate surface area is 118 Å². The minimum Gasteiger partial charge on any atom is -0.376 e. The number of aryl methyl sites for hydroxylation is 1. The van der Waals surface area contributed by atoms with E-state index >= 15 is 0 Å². The van der Waals surface area contributed by atoms with Crippen molar-refractivity contribution in [3.63, 3.8) is 0 Å². The Morgan fingerprint density at radius 3 is 3.05 bits per heavy atom. The second-order valence-electron chi connectivity index (χ2n) is 5.80. The van der Waals surface area contributed by atoms with Crippen LogP contribution in [0.2, 0.25) is 0 Å². The van der Waals surface area contributed by atoms with Gasteiger partial charge in [0.1, 0.15) is 0 Å². The Morgan fingerprint density at radius 2 is 2.40 bits per heavy atom. The van der Waals surface area contributed by atoms with Crippen molar-refractivity contribution in [2.45, 2.75) is 31.4 Å². The lowest BCUT2D eigenvalue weighted by atomic mass is 9.90. The van der Waals surface area contributed by atoms with Gasteiger partial charge in [0, 0.05) is 38.9 Å². The van der Waals surface area contributed by atoms with E-state index < -0.39 is 0 Å². The molecule has 1 aromatic heterocycles. The van der Waals surface area contributed by atoms with E-state index in [4.69, 9.17) is 4.74 Å². The van der Waals surface area contributed by atoms with Crippen LogP contribution in [0.15, 0.2) is 12.4 Å². The lowest BCUT2D eigenvalue weighted by Gasteiger charge is -2.21. The summed E-state index contributed by atoms with van der Waals surface area (Å²) in [6.07, 6.45) is 4.88. The molecule has 6 nitrogen and oxygen atoms in total. The molecule has 3 heterocycles. The molecule has 3 rings (SSSR count). The normalized spacial score (nSPS) is 33.5. The number of nitrogens with zero attached hydrogens (tertiary/aromatic N) is 2. The minimum atomic E-state index is -0.0213. The molecule has 6 heteroatoms. The topological polar surface area (TPSA) is 68.2 Å². The first kappa shape index (κ1) is 13.6. The second kappa shape index (κ2) is 5.54. The lowest BCUT2D eigenvalue weighted by molar-refractivity contribution is -0.125. The first-order valence-electron chi connectivity index (χ1n) is 7.26. The van der Waals surface area contributed by atoms with Gasteiger partial charge in [0.25, 0.3) is 0 Å². The maximum Gasteiger partial charge on any atom is 0.225 e. The van der Waals surface area contributed by atoms with E-state index in [1.54, 1.807) is 4.68 Å². The van der Waals surface area contributed by atoms with Crippen LogP contribution in [-0.2, 0) is 16.6 Å². The molecule has 0 saturated carbocycles. The van der Waals surface area contributed by atoms with Crippen LogP contribution in [0, 0.1) is 5.92 Å². The molecule has 0 bridgehead atoms. The Kier molecular flexibility index (Phi) is 3.76. The molecule has 110 valence electrons. The van der Waals surface area contributed by atoms with Crippen molar-refractivity contribution in [1.82, 2.24) is 20.4 Å². The smallest absolute Gasteiger partial charge is 0.225 e. The molecule has 2 fully saturated rings. The van der Waals surface area contributed by atoms with Crippen molar-refractivity contribution in [1.29, 1.82) is 0 Å². The molecule has 2 unspecified atom stereocenters. The summed E-state index contributed by atoms with van der Waals surface area (Å²) in [7, 11) is 1.90. The van der Waals surface area contributed by atoms with Gasteiger partial charge in [0.15, 0.2) is 0 Å². The van der Waals surface area contributed by atoms with Gasteiger partial charge < -0.3 is 15.4 Å². The number of amides is 1. The standard InChI is InChI=1S/C14H22N4O2/c1-9-13(3-4-20-9)17-14(19)12-7-15-6-11(12)10-5-16-18(2)8-10/h5,8-9,11-13,15H,3-4,6-7H2,1-2H3,(H,17,19)/t9?,11-,12+,13?/m1/s1. The molecule has 2 N–H and O–H groups in total. The number of aromatic nitrogens is 2. The minimum absolute atomic E-state index is 0.0213. The second-order valence-corrected chi connectivity index (χ2v) is 5.80. The summed E-state index contributed by atoms with van der Waals surface area (Å²) in [5.41, 5.74) is 1.13. The molecule has 0 spiro atoms. The predicted octanol–water partition coefficient (Wildman–Crippen LogP) is 0.0167. The molecule has 2 aliphatic rings. The number of ether oxygens (including phenoxy) is 1.